The molecular formula is C17H30N2O. The fourth-order valence-electron chi connectivity index (χ4n) is 2.72. The van der Waals surface area contributed by atoms with Crippen LogP contribution in [0.25, 0.3) is 0 Å². The first kappa shape index (κ1) is 17.2. The lowest BCUT2D eigenvalue weighted by Crippen LogP contribution is -2.47. The summed E-state index contributed by atoms with van der Waals surface area (Å²) in [5, 5.41) is 12.4. The lowest BCUT2D eigenvalue weighted by atomic mass is 9.81. The summed E-state index contributed by atoms with van der Waals surface area (Å²) in [5.41, 5.74) is 1.44. The summed E-state index contributed by atoms with van der Waals surface area (Å²) in [7, 11) is 2.01. The van der Waals surface area contributed by atoms with Crippen molar-refractivity contribution in [1.82, 2.24) is 10.2 Å². The van der Waals surface area contributed by atoms with Gasteiger partial charge in [0.2, 0.25) is 0 Å². The first-order chi connectivity index (χ1) is 9.53. The van der Waals surface area contributed by atoms with Gasteiger partial charge in [-0.25, -0.2) is 0 Å². The maximum atomic E-state index is 9.08. The lowest BCUT2D eigenvalue weighted by molar-refractivity contribution is 0.156. The van der Waals surface area contributed by atoms with E-state index in [1.165, 1.54) is 5.56 Å². The zero-order valence-electron chi connectivity index (χ0n) is 13.4. The van der Waals surface area contributed by atoms with Crippen molar-refractivity contribution < 1.29 is 5.11 Å². The monoisotopic (exact) mass is 278 g/mol. The summed E-state index contributed by atoms with van der Waals surface area (Å²) in [6.07, 6.45) is 0.836. The number of aliphatic hydroxyl groups is 1. The third-order valence-electron chi connectivity index (χ3n) is 3.92. The van der Waals surface area contributed by atoms with E-state index in [9.17, 15) is 0 Å². The van der Waals surface area contributed by atoms with E-state index < -0.39 is 0 Å². The number of aliphatic hydroxyl groups excluding tert-OH is 1. The van der Waals surface area contributed by atoms with Gasteiger partial charge in [0.15, 0.2) is 0 Å². The Hall–Kier alpha value is -0.900. The second-order valence-corrected chi connectivity index (χ2v) is 6.10. The molecule has 0 spiro atoms. The van der Waals surface area contributed by atoms with Crippen molar-refractivity contribution in [2.45, 2.75) is 38.6 Å². The van der Waals surface area contributed by atoms with Crippen LogP contribution in [-0.2, 0) is 5.41 Å². The molecular weight excluding hydrogens is 248 g/mol. The van der Waals surface area contributed by atoms with Gasteiger partial charge in [0.05, 0.1) is 0 Å². The average molecular weight is 278 g/mol. The van der Waals surface area contributed by atoms with Crippen LogP contribution in [0.15, 0.2) is 30.3 Å². The minimum absolute atomic E-state index is 0.0791. The van der Waals surface area contributed by atoms with E-state index in [0.717, 1.165) is 26.1 Å². The summed E-state index contributed by atoms with van der Waals surface area (Å²) >= 11 is 0. The van der Waals surface area contributed by atoms with Gasteiger partial charge in [0, 0.05) is 37.7 Å². The maximum Gasteiger partial charge on any atom is 0.0443 e. The fraction of sp³-hybridized carbons (Fsp3) is 0.647. The Balaban J connectivity index is 2.88. The summed E-state index contributed by atoms with van der Waals surface area (Å²) in [6.45, 7) is 9.91. The normalized spacial score (nSPS) is 14.8. The molecule has 0 aromatic heterocycles. The van der Waals surface area contributed by atoms with E-state index in [-0.39, 0.29) is 12.0 Å². The molecule has 1 aromatic carbocycles. The summed E-state index contributed by atoms with van der Waals surface area (Å²) in [4.78, 5) is 2.46. The van der Waals surface area contributed by atoms with Gasteiger partial charge >= 0.3 is 0 Å². The zero-order valence-corrected chi connectivity index (χ0v) is 13.4. The van der Waals surface area contributed by atoms with E-state index in [1.54, 1.807) is 0 Å². The van der Waals surface area contributed by atoms with Crippen molar-refractivity contribution in [3.05, 3.63) is 35.9 Å². The Bertz CT molecular complexity index is 367. The predicted octanol–water partition coefficient (Wildman–Crippen LogP) is 2.26. The van der Waals surface area contributed by atoms with Gasteiger partial charge in [-0.2, -0.15) is 0 Å². The third-order valence-corrected chi connectivity index (χ3v) is 3.92. The van der Waals surface area contributed by atoms with Crippen LogP contribution in [0.3, 0.4) is 0 Å². The molecule has 1 aromatic rings. The minimum Gasteiger partial charge on any atom is -0.396 e. The Morgan fingerprint density at radius 1 is 1.25 bits per heavy atom. The maximum absolute atomic E-state index is 9.08. The van der Waals surface area contributed by atoms with Gasteiger partial charge in [-0.05, 0) is 32.9 Å². The predicted molar refractivity (Wildman–Crippen MR) is 86.1 cm³/mol. The summed E-state index contributed by atoms with van der Waals surface area (Å²) in [6, 6.07) is 11.2. The second-order valence-electron chi connectivity index (χ2n) is 6.10. The quantitative estimate of drug-likeness (QED) is 0.727. The average Bonchev–Trinajstić information content (AvgIpc) is 2.44. The standard InChI is InChI=1S/C17H30N2O/c1-15(2)19(11-8-12-20)14-17(3,13-18-4)16-9-6-5-7-10-16/h5-7,9-10,15,18,20H,8,11-14H2,1-4H3. The largest absolute Gasteiger partial charge is 0.396 e. The number of nitrogens with zero attached hydrogens (tertiary/aromatic N) is 1. The highest BCUT2D eigenvalue weighted by molar-refractivity contribution is 5.25. The van der Waals surface area contributed by atoms with Gasteiger partial charge in [-0.1, -0.05) is 37.3 Å². The Labute approximate surface area is 124 Å². The summed E-state index contributed by atoms with van der Waals surface area (Å²) in [5.74, 6) is 0. The van der Waals surface area contributed by atoms with Gasteiger partial charge in [0.25, 0.3) is 0 Å². The smallest absolute Gasteiger partial charge is 0.0443 e. The van der Waals surface area contributed by atoms with Gasteiger partial charge in [-0.15, -0.1) is 0 Å². The Kier molecular flexibility index (Phi) is 7.20. The van der Waals surface area contributed by atoms with E-state index in [1.807, 2.05) is 7.05 Å². The highest BCUT2D eigenvalue weighted by atomic mass is 16.3. The van der Waals surface area contributed by atoms with E-state index >= 15 is 0 Å². The van der Waals surface area contributed by atoms with Crippen molar-refractivity contribution in [2.24, 2.45) is 0 Å². The third kappa shape index (κ3) is 4.89. The highest BCUT2D eigenvalue weighted by Gasteiger charge is 2.29. The number of rotatable bonds is 9. The first-order valence-electron chi connectivity index (χ1n) is 7.58. The van der Waals surface area contributed by atoms with Crippen LogP contribution >= 0.6 is 0 Å². The van der Waals surface area contributed by atoms with Crippen molar-refractivity contribution >= 4 is 0 Å². The zero-order chi connectivity index (χ0) is 15.0. The van der Waals surface area contributed by atoms with Crippen LogP contribution in [-0.4, -0.2) is 49.3 Å². The summed E-state index contributed by atoms with van der Waals surface area (Å²) < 4.78 is 0. The number of likely N-dealkylation sites (N-methyl/N-ethyl adjacent to an activating group) is 1. The Morgan fingerprint density at radius 3 is 2.40 bits per heavy atom. The first-order valence-corrected chi connectivity index (χ1v) is 7.58. The fourth-order valence-corrected chi connectivity index (χ4v) is 2.72. The molecule has 0 radical (unpaired) electrons. The number of hydrogen-bond donors (Lipinski definition) is 2. The highest BCUT2D eigenvalue weighted by Crippen LogP contribution is 2.25. The molecule has 0 fully saturated rings. The Morgan fingerprint density at radius 2 is 1.90 bits per heavy atom. The van der Waals surface area contributed by atoms with Crippen molar-refractivity contribution in [3.8, 4) is 0 Å². The van der Waals surface area contributed by atoms with Crippen LogP contribution in [0, 0.1) is 0 Å². The molecule has 114 valence electrons. The SMILES string of the molecule is CNCC(C)(CN(CCCO)C(C)C)c1ccccc1. The molecule has 1 unspecified atom stereocenters. The van der Waals surface area contributed by atoms with Crippen LogP contribution in [0.1, 0.15) is 32.8 Å². The van der Waals surface area contributed by atoms with Crippen LogP contribution < -0.4 is 5.32 Å². The molecule has 20 heavy (non-hydrogen) atoms. The van der Waals surface area contributed by atoms with E-state index in [2.05, 4.69) is 61.3 Å². The molecule has 0 aliphatic carbocycles. The molecule has 3 heteroatoms. The molecule has 0 amide bonds. The molecule has 0 aliphatic heterocycles. The van der Waals surface area contributed by atoms with Gasteiger partial charge in [0.1, 0.15) is 0 Å². The van der Waals surface area contributed by atoms with Crippen molar-refractivity contribution in [3.63, 3.8) is 0 Å². The number of nitrogens with one attached hydrogen (secondary N) is 1. The minimum atomic E-state index is 0.0791. The number of hydrogen-bond acceptors (Lipinski definition) is 3. The van der Waals surface area contributed by atoms with Crippen LogP contribution in [0.4, 0.5) is 0 Å². The molecule has 1 atom stereocenters. The topological polar surface area (TPSA) is 35.5 Å². The molecule has 0 aliphatic rings. The molecule has 0 heterocycles. The van der Waals surface area contributed by atoms with E-state index in [0.29, 0.717) is 6.04 Å². The molecule has 1 rings (SSSR count). The lowest BCUT2D eigenvalue weighted by Gasteiger charge is -2.38. The second kappa shape index (κ2) is 8.40. The molecule has 0 saturated heterocycles. The molecule has 0 saturated carbocycles. The van der Waals surface area contributed by atoms with Crippen molar-refractivity contribution in [1.29, 1.82) is 0 Å². The number of benzene rings is 1. The van der Waals surface area contributed by atoms with Gasteiger partial charge < -0.3 is 10.4 Å². The van der Waals surface area contributed by atoms with Crippen LogP contribution in [0.5, 0.6) is 0 Å². The molecule has 2 N–H and O–H groups in total. The van der Waals surface area contributed by atoms with Crippen molar-refractivity contribution in [2.75, 3.05) is 33.3 Å². The molecule has 3 nitrogen and oxygen atoms in total. The molecule has 0 bridgehead atoms. The van der Waals surface area contributed by atoms with Gasteiger partial charge in [-0.3, -0.25) is 4.90 Å². The van der Waals surface area contributed by atoms with E-state index in [4.69, 9.17) is 5.11 Å². The van der Waals surface area contributed by atoms with Crippen LogP contribution in [0.2, 0.25) is 0 Å².